The molecule has 0 spiro atoms. The number of fused-ring (bicyclic) bond motifs is 1. The second-order valence-electron chi connectivity index (χ2n) is 7.96. The summed E-state index contributed by atoms with van der Waals surface area (Å²) in [7, 11) is 0. The number of carbonyl (C=O) groups is 2. The highest BCUT2D eigenvalue weighted by Crippen LogP contribution is 2.25. The topological polar surface area (TPSA) is 109 Å². The summed E-state index contributed by atoms with van der Waals surface area (Å²) in [5.41, 5.74) is 2.69. The summed E-state index contributed by atoms with van der Waals surface area (Å²) in [5.74, 6) is 0.379. The van der Waals surface area contributed by atoms with Crippen LogP contribution in [0.4, 0.5) is 0 Å². The van der Waals surface area contributed by atoms with Crippen LogP contribution in [-0.2, 0) is 16.1 Å². The van der Waals surface area contributed by atoms with Gasteiger partial charge in [-0.2, -0.15) is 0 Å². The Labute approximate surface area is 193 Å². The van der Waals surface area contributed by atoms with Gasteiger partial charge in [0.15, 0.2) is 12.4 Å². The average molecular weight is 469 g/mol. The summed E-state index contributed by atoms with van der Waals surface area (Å²) in [6, 6.07) is 3.52. The largest absolute Gasteiger partial charge is 0.457 e. The zero-order valence-electron chi connectivity index (χ0n) is 19.1. The Morgan fingerprint density at radius 1 is 1.15 bits per heavy atom. The van der Waals surface area contributed by atoms with Crippen molar-refractivity contribution in [3.63, 3.8) is 0 Å². The Kier molecular flexibility index (Phi) is 6.03. The minimum absolute atomic E-state index is 0.0419. The highest BCUT2D eigenvalue weighted by molar-refractivity contribution is 7.18. The number of Topliss-reactive ketones (excluding diaryl/α,β-unsaturated/α-hetero) is 1. The first-order chi connectivity index (χ1) is 15.7. The van der Waals surface area contributed by atoms with Crippen molar-refractivity contribution in [2.75, 3.05) is 6.61 Å². The third-order valence-corrected chi connectivity index (χ3v) is 6.77. The molecule has 0 unspecified atom stereocenters. The van der Waals surface area contributed by atoms with Crippen molar-refractivity contribution in [1.29, 1.82) is 0 Å². The summed E-state index contributed by atoms with van der Waals surface area (Å²) in [5, 5.41) is 4.58. The predicted octanol–water partition coefficient (Wildman–Crippen LogP) is 3.60. The zero-order valence-corrected chi connectivity index (χ0v) is 19.9. The lowest BCUT2D eigenvalue weighted by molar-refractivity contribution is -0.142. The Morgan fingerprint density at radius 2 is 1.91 bits per heavy atom. The number of hydrogen-bond donors (Lipinski definition) is 0. The predicted molar refractivity (Wildman–Crippen MR) is 123 cm³/mol. The SMILES string of the molecule is Cc1cc(-n2c(C)cc(C(=O)COC(=O)CCn3cnc4sc(C)c(C)c4c3=O)c2C)no1. The van der Waals surface area contributed by atoms with E-state index in [1.165, 1.54) is 22.2 Å². The van der Waals surface area contributed by atoms with E-state index in [1.807, 2.05) is 25.3 Å². The van der Waals surface area contributed by atoms with Crippen LogP contribution in [0.2, 0.25) is 0 Å². The number of ketones is 1. The number of hydrogen-bond acceptors (Lipinski definition) is 8. The van der Waals surface area contributed by atoms with E-state index in [1.54, 1.807) is 26.0 Å². The Morgan fingerprint density at radius 3 is 2.61 bits per heavy atom. The number of carbonyl (C=O) groups excluding carboxylic acids is 2. The molecule has 4 aromatic rings. The van der Waals surface area contributed by atoms with Gasteiger partial charge in [0, 0.05) is 34.4 Å². The lowest BCUT2D eigenvalue weighted by Gasteiger charge is -2.07. The number of aromatic nitrogens is 4. The molecule has 0 aliphatic rings. The quantitative estimate of drug-likeness (QED) is 0.301. The van der Waals surface area contributed by atoms with Gasteiger partial charge >= 0.3 is 5.97 Å². The summed E-state index contributed by atoms with van der Waals surface area (Å²) in [6.07, 6.45) is 1.40. The van der Waals surface area contributed by atoms with Crippen molar-refractivity contribution in [2.45, 2.75) is 47.6 Å². The maximum atomic E-state index is 12.7. The molecular formula is C23H24N4O5S. The highest BCUT2D eigenvalue weighted by Gasteiger charge is 2.20. The Hall–Kier alpha value is -3.53. The first-order valence-electron chi connectivity index (χ1n) is 10.4. The summed E-state index contributed by atoms with van der Waals surface area (Å²) >= 11 is 1.47. The molecule has 0 saturated carbocycles. The minimum atomic E-state index is -0.561. The smallest absolute Gasteiger partial charge is 0.308 e. The first-order valence-corrected chi connectivity index (χ1v) is 11.3. The van der Waals surface area contributed by atoms with Gasteiger partial charge in [0.2, 0.25) is 5.78 Å². The number of ether oxygens (including phenoxy) is 1. The van der Waals surface area contributed by atoms with E-state index in [9.17, 15) is 14.4 Å². The molecule has 0 fully saturated rings. The third-order valence-electron chi connectivity index (χ3n) is 5.65. The van der Waals surface area contributed by atoms with Gasteiger partial charge < -0.3 is 9.26 Å². The fourth-order valence-corrected chi connectivity index (χ4v) is 4.78. The van der Waals surface area contributed by atoms with Gasteiger partial charge in [0.25, 0.3) is 5.56 Å². The molecule has 0 saturated heterocycles. The van der Waals surface area contributed by atoms with Crippen LogP contribution in [0.3, 0.4) is 0 Å². The molecule has 0 N–H and O–H groups in total. The summed E-state index contributed by atoms with van der Waals surface area (Å²) < 4.78 is 13.5. The molecule has 0 bridgehead atoms. The van der Waals surface area contributed by atoms with E-state index in [-0.39, 0.29) is 30.9 Å². The first kappa shape index (κ1) is 22.7. The van der Waals surface area contributed by atoms with Gasteiger partial charge in [0.05, 0.1) is 18.1 Å². The fourth-order valence-electron chi connectivity index (χ4n) is 3.79. The van der Waals surface area contributed by atoms with E-state index in [0.717, 1.165) is 16.1 Å². The fraction of sp³-hybridized carbons (Fsp3) is 0.348. The van der Waals surface area contributed by atoms with Crippen molar-refractivity contribution in [2.24, 2.45) is 0 Å². The molecule has 0 aliphatic heterocycles. The van der Waals surface area contributed by atoms with Crippen LogP contribution in [0.15, 0.2) is 27.8 Å². The van der Waals surface area contributed by atoms with E-state index >= 15 is 0 Å². The van der Waals surface area contributed by atoms with Gasteiger partial charge in [0.1, 0.15) is 10.6 Å². The van der Waals surface area contributed by atoms with Crippen LogP contribution < -0.4 is 5.56 Å². The maximum Gasteiger partial charge on any atom is 0.308 e. The zero-order chi connectivity index (χ0) is 23.9. The van der Waals surface area contributed by atoms with Crippen molar-refractivity contribution in [3.05, 3.63) is 62.0 Å². The second-order valence-corrected chi connectivity index (χ2v) is 9.16. The van der Waals surface area contributed by atoms with Crippen LogP contribution in [-0.4, -0.2) is 37.6 Å². The van der Waals surface area contributed by atoms with E-state index in [2.05, 4.69) is 10.1 Å². The highest BCUT2D eigenvalue weighted by atomic mass is 32.1. The number of esters is 1. The van der Waals surface area contributed by atoms with Gasteiger partial charge in [-0.05, 0) is 46.2 Å². The van der Waals surface area contributed by atoms with Crippen LogP contribution in [0.25, 0.3) is 16.0 Å². The van der Waals surface area contributed by atoms with Crippen LogP contribution >= 0.6 is 11.3 Å². The molecule has 0 amide bonds. The molecule has 4 aromatic heterocycles. The molecule has 4 heterocycles. The average Bonchev–Trinajstić information content (AvgIpc) is 3.41. The summed E-state index contributed by atoms with van der Waals surface area (Å²) in [4.78, 5) is 43.7. The number of nitrogens with zero attached hydrogens (tertiary/aromatic N) is 4. The van der Waals surface area contributed by atoms with E-state index < -0.39 is 5.97 Å². The van der Waals surface area contributed by atoms with Crippen LogP contribution in [0.5, 0.6) is 0 Å². The summed E-state index contributed by atoms with van der Waals surface area (Å²) in [6.45, 7) is 9.04. The lowest BCUT2D eigenvalue weighted by Crippen LogP contribution is -2.23. The normalized spacial score (nSPS) is 11.3. The second kappa shape index (κ2) is 8.78. The monoisotopic (exact) mass is 468 g/mol. The Bertz CT molecular complexity index is 1440. The van der Waals surface area contributed by atoms with Crippen LogP contribution in [0, 0.1) is 34.6 Å². The van der Waals surface area contributed by atoms with Crippen molar-refractivity contribution in [1.82, 2.24) is 19.3 Å². The van der Waals surface area contributed by atoms with Crippen molar-refractivity contribution < 1.29 is 18.8 Å². The third kappa shape index (κ3) is 4.25. The van der Waals surface area contributed by atoms with E-state index in [0.29, 0.717) is 33.1 Å². The molecular weight excluding hydrogens is 444 g/mol. The van der Waals surface area contributed by atoms with E-state index in [4.69, 9.17) is 9.26 Å². The molecule has 0 radical (unpaired) electrons. The Balaban J connectivity index is 1.39. The molecule has 10 heteroatoms. The molecule has 0 atom stereocenters. The lowest BCUT2D eigenvalue weighted by atomic mass is 10.1. The number of thiophene rings is 1. The van der Waals surface area contributed by atoms with Gasteiger partial charge in [-0.1, -0.05) is 5.16 Å². The molecule has 0 aliphatic carbocycles. The number of aryl methyl sites for hydroxylation is 5. The van der Waals surface area contributed by atoms with Gasteiger partial charge in [-0.15, -0.1) is 11.3 Å². The van der Waals surface area contributed by atoms with Crippen molar-refractivity contribution >= 4 is 33.3 Å². The van der Waals surface area contributed by atoms with Gasteiger partial charge in [-0.25, -0.2) is 4.98 Å². The minimum Gasteiger partial charge on any atom is -0.457 e. The van der Waals surface area contributed by atoms with Crippen LogP contribution in [0.1, 0.15) is 44.4 Å². The standard InChI is InChI=1S/C23H24N4O5S/c1-12-8-17(15(4)27(12)19-9-13(2)32-25-19)18(28)10-31-20(29)6-7-26-11-24-22-21(23(26)30)14(3)16(5)33-22/h8-9,11H,6-7,10H2,1-5H3. The van der Waals surface area contributed by atoms with Gasteiger partial charge in [-0.3, -0.25) is 23.5 Å². The molecule has 172 valence electrons. The molecule has 33 heavy (non-hydrogen) atoms. The molecule has 4 rings (SSSR count). The maximum absolute atomic E-state index is 12.7. The van der Waals surface area contributed by atoms with Crippen molar-refractivity contribution in [3.8, 4) is 5.82 Å². The molecule has 9 nitrogen and oxygen atoms in total. The molecule has 0 aromatic carbocycles. The number of rotatable bonds is 7.